The molecule has 2 amide bonds. The molecule has 2 fully saturated rings. The fourth-order valence-electron chi connectivity index (χ4n) is 3.38. The second kappa shape index (κ2) is 7.87. The summed E-state index contributed by atoms with van der Waals surface area (Å²) in [6.07, 6.45) is 3.43. The number of ether oxygens (including phenoxy) is 1. The van der Waals surface area contributed by atoms with Crippen LogP contribution in [0.5, 0.6) is 0 Å². The second-order valence-corrected chi connectivity index (χ2v) is 7.02. The molecule has 1 saturated heterocycles. The highest BCUT2D eigenvalue weighted by molar-refractivity contribution is 5.82. The third-order valence-corrected chi connectivity index (χ3v) is 4.91. The molecule has 0 spiro atoms. The van der Waals surface area contributed by atoms with Crippen LogP contribution < -0.4 is 5.73 Å². The molecule has 1 heterocycles. The van der Waals surface area contributed by atoms with Crippen LogP contribution in [-0.4, -0.2) is 53.0 Å². The number of rotatable bonds is 5. The van der Waals surface area contributed by atoms with Crippen molar-refractivity contribution in [2.24, 2.45) is 5.73 Å². The van der Waals surface area contributed by atoms with E-state index in [1.54, 1.807) is 11.8 Å². The average Bonchev–Trinajstić information content (AvgIpc) is 3.46. The van der Waals surface area contributed by atoms with E-state index < -0.39 is 6.04 Å². The smallest absolute Gasteiger partial charge is 0.410 e. The Morgan fingerprint density at radius 2 is 1.76 bits per heavy atom. The first-order valence-corrected chi connectivity index (χ1v) is 9.09. The van der Waals surface area contributed by atoms with Crippen LogP contribution in [0.15, 0.2) is 30.3 Å². The SMILES string of the molecule is C[C@H](N)C(=O)N(C1CC1)C1CCN(C(=O)OCc2ccccc2)CC1. The zero-order chi connectivity index (χ0) is 17.8. The fraction of sp³-hybridized carbons (Fsp3) is 0.579. The molecule has 0 bridgehead atoms. The fourth-order valence-corrected chi connectivity index (χ4v) is 3.38. The largest absolute Gasteiger partial charge is 0.445 e. The molecule has 136 valence electrons. The van der Waals surface area contributed by atoms with Crippen molar-refractivity contribution in [1.82, 2.24) is 9.80 Å². The van der Waals surface area contributed by atoms with Crippen LogP contribution in [-0.2, 0) is 16.1 Å². The van der Waals surface area contributed by atoms with Crippen molar-refractivity contribution in [3.8, 4) is 0 Å². The van der Waals surface area contributed by atoms with Gasteiger partial charge in [-0.1, -0.05) is 30.3 Å². The molecule has 1 aromatic rings. The van der Waals surface area contributed by atoms with E-state index in [0.717, 1.165) is 31.2 Å². The Kier molecular flexibility index (Phi) is 5.58. The molecule has 3 rings (SSSR count). The summed E-state index contributed by atoms with van der Waals surface area (Å²) in [6.45, 7) is 3.27. The van der Waals surface area contributed by atoms with Gasteiger partial charge >= 0.3 is 6.09 Å². The Morgan fingerprint density at radius 3 is 2.32 bits per heavy atom. The summed E-state index contributed by atoms with van der Waals surface area (Å²) in [5, 5.41) is 0. The molecule has 1 aliphatic heterocycles. The highest BCUT2D eigenvalue weighted by atomic mass is 16.6. The first kappa shape index (κ1) is 17.7. The standard InChI is InChI=1S/C19H27N3O3/c1-14(20)18(23)22(16-7-8-16)17-9-11-21(12-10-17)19(24)25-13-15-5-3-2-4-6-15/h2-6,14,16-17H,7-13,20H2,1H3/t14-/m0/s1. The number of amides is 2. The molecule has 1 saturated carbocycles. The van der Waals surface area contributed by atoms with E-state index in [1.807, 2.05) is 35.2 Å². The maximum absolute atomic E-state index is 12.4. The van der Waals surface area contributed by atoms with E-state index in [0.29, 0.717) is 19.1 Å². The van der Waals surface area contributed by atoms with Crippen LogP contribution in [0.4, 0.5) is 4.79 Å². The van der Waals surface area contributed by atoms with Crippen molar-refractivity contribution in [2.75, 3.05) is 13.1 Å². The van der Waals surface area contributed by atoms with Crippen molar-refractivity contribution < 1.29 is 14.3 Å². The highest BCUT2D eigenvalue weighted by Gasteiger charge is 2.39. The number of likely N-dealkylation sites (tertiary alicyclic amines) is 1. The number of carbonyl (C=O) groups is 2. The minimum Gasteiger partial charge on any atom is -0.445 e. The molecule has 6 heteroatoms. The molecule has 6 nitrogen and oxygen atoms in total. The van der Waals surface area contributed by atoms with E-state index in [4.69, 9.17) is 10.5 Å². The lowest BCUT2D eigenvalue weighted by Gasteiger charge is -2.39. The maximum atomic E-state index is 12.4. The highest BCUT2D eigenvalue weighted by Crippen LogP contribution is 2.32. The van der Waals surface area contributed by atoms with Gasteiger partial charge in [-0.2, -0.15) is 0 Å². The van der Waals surface area contributed by atoms with Crippen LogP contribution in [0, 0.1) is 0 Å². The lowest BCUT2D eigenvalue weighted by Crippen LogP contribution is -2.53. The Hall–Kier alpha value is -2.08. The number of nitrogens with two attached hydrogens (primary N) is 1. The third-order valence-electron chi connectivity index (χ3n) is 4.91. The molecule has 2 aliphatic rings. The van der Waals surface area contributed by atoms with E-state index in [9.17, 15) is 9.59 Å². The zero-order valence-electron chi connectivity index (χ0n) is 14.8. The van der Waals surface area contributed by atoms with Crippen molar-refractivity contribution >= 4 is 12.0 Å². The summed E-state index contributed by atoms with van der Waals surface area (Å²) in [5.41, 5.74) is 6.78. The normalized spacial score (nSPS) is 19.4. The molecule has 0 unspecified atom stereocenters. The second-order valence-electron chi connectivity index (χ2n) is 7.02. The number of carbonyl (C=O) groups excluding carboxylic acids is 2. The molecule has 0 aromatic heterocycles. The predicted molar refractivity (Wildman–Crippen MR) is 94.7 cm³/mol. The first-order chi connectivity index (χ1) is 12.1. The molecule has 1 atom stereocenters. The molecular weight excluding hydrogens is 318 g/mol. The number of nitrogens with zero attached hydrogens (tertiary/aromatic N) is 2. The number of benzene rings is 1. The van der Waals surface area contributed by atoms with Crippen LogP contribution in [0.3, 0.4) is 0 Å². The van der Waals surface area contributed by atoms with Gasteiger partial charge in [-0.05, 0) is 38.2 Å². The van der Waals surface area contributed by atoms with Gasteiger partial charge in [-0.3, -0.25) is 4.79 Å². The quantitative estimate of drug-likeness (QED) is 0.887. The lowest BCUT2D eigenvalue weighted by atomic mass is 10.0. The minimum atomic E-state index is -0.463. The first-order valence-electron chi connectivity index (χ1n) is 9.09. The Labute approximate surface area is 148 Å². The summed E-state index contributed by atoms with van der Waals surface area (Å²) in [6, 6.07) is 9.73. The van der Waals surface area contributed by atoms with Gasteiger partial charge in [0.2, 0.25) is 5.91 Å². The molecule has 0 radical (unpaired) electrons. The third kappa shape index (κ3) is 4.51. The van der Waals surface area contributed by atoms with Crippen LogP contribution in [0.2, 0.25) is 0 Å². The topological polar surface area (TPSA) is 75.9 Å². The van der Waals surface area contributed by atoms with E-state index >= 15 is 0 Å². The Morgan fingerprint density at radius 1 is 1.16 bits per heavy atom. The lowest BCUT2D eigenvalue weighted by molar-refractivity contribution is -0.136. The Balaban J connectivity index is 1.49. The summed E-state index contributed by atoms with van der Waals surface area (Å²) in [5.74, 6) is 0.0348. The summed E-state index contributed by atoms with van der Waals surface area (Å²) < 4.78 is 5.40. The van der Waals surface area contributed by atoms with Crippen molar-refractivity contribution in [3.63, 3.8) is 0 Å². The van der Waals surface area contributed by atoms with E-state index in [1.165, 1.54) is 0 Å². The van der Waals surface area contributed by atoms with E-state index in [2.05, 4.69) is 0 Å². The number of piperidine rings is 1. The minimum absolute atomic E-state index is 0.0348. The van der Waals surface area contributed by atoms with Gasteiger partial charge in [0.15, 0.2) is 0 Å². The average molecular weight is 345 g/mol. The summed E-state index contributed by atoms with van der Waals surface area (Å²) >= 11 is 0. The van der Waals surface area contributed by atoms with Gasteiger partial charge in [-0.25, -0.2) is 4.79 Å². The zero-order valence-corrected chi connectivity index (χ0v) is 14.8. The number of hydrogen-bond acceptors (Lipinski definition) is 4. The van der Waals surface area contributed by atoms with Gasteiger partial charge in [-0.15, -0.1) is 0 Å². The molecular formula is C19H27N3O3. The van der Waals surface area contributed by atoms with Gasteiger partial charge < -0.3 is 20.3 Å². The van der Waals surface area contributed by atoms with Gasteiger partial charge in [0.25, 0.3) is 0 Å². The van der Waals surface area contributed by atoms with Crippen LogP contribution >= 0.6 is 0 Å². The summed E-state index contributed by atoms with van der Waals surface area (Å²) in [4.78, 5) is 28.4. The monoisotopic (exact) mass is 345 g/mol. The van der Waals surface area contributed by atoms with Gasteiger partial charge in [0.05, 0.1) is 6.04 Å². The molecule has 25 heavy (non-hydrogen) atoms. The van der Waals surface area contributed by atoms with Gasteiger partial charge in [0.1, 0.15) is 6.61 Å². The van der Waals surface area contributed by atoms with E-state index in [-0.39, 0.29) is 24.6 Å². The van der Waals surface area contributed by atoms with Crippen LogP contribution in [0.1, 0.15) is 38.2 Å². The molecule has 1 aliphatic carbocycles. The van der Waals surface area contributed by atoms with Gasteiger partial charge in [0, 0.05) is 25.2 Å². The van der Waals surface area contributed by atoms with Crippen molar-refractivity contribution in [3.05, 3.63) is 35.9 Å². The predicted octanol–water partition coefficient (Wildman–Crippen LogP) is 2.13. The van der Waals surface area contributed by atoms with Crippen LogP contribution in [0.25, 0.3) is 0 Å². The molecule has 2 N–H and O–H groups in total. The maximum Gasteiger partial charge on any atom is 0.410 e. The van der Waals surface area contributed by atoms with Crippen molar-refractivity contribution in [2.45, 2.75) is 57.3 Å². The summed E-state index contributed by atoms with van der Waals surface area (Å²) in [7, 11) is 0. The molecule has 1 aromatic carbocycles. The Bertz CT molecular complexity index is 593. The van der Waals surface area contributed by atoms with Crippen molar-refractivity contribution in [1.29, 1.82) is 0 Å². The number of hydrogen-bond donors (Lipinski definition) is 1.